The summed E-state index contributed by atoms with van der Waals surface area (Å²) in [5.41, 5.74) is 1.71. The van der Waals surface area contributed by atoms with Crippen molar-refractivity contribution in [1.82, 2.24) is 10.8 Å². The van der Waals surface area contributed by atoms with Crippen LogP contribution in [0, 0.1) is 5.82 Å². The molecule has 0 saturated carbocycles. The second-order valence-electron chi connectivity index (χ2n) is 6.11. The van der Waals surface area contributed by atoms with Crippen molar-refractivity contribution in [2.75, 3.05) is 6.61 Å². The van der Waals surface area contributed by atoms with E-state index in [2.05, 4.69) is 5.32 Å². The van der Waals surface area contributed by atoms with Gasteiger partial charge < -0.3 is 14.6 Å². The van der Waals surface area contributed by atoms with Gasteiger partial charge in [0.2, 0.25) is 0 Å². The number of phenols is 1. The molecule has 0 radical (unpaired) electrons. The fourth-order valence-corrected chi connectivity index (χ4v) is 2.58. The summed E-state index contributed by atoms with van der Waals surface area (Å²) >= 11 is 0. The van der Waals surface area contributed by atoms with Gasteiger partial charge in [-0.15, -0.1) is 0 Å². The van der Waals surface area contributed by atoms with Crippen molar-refractivity contribution in [2.24, 2.45) is 0 Å². The predicted molar refractivity (Wildman–Crippen MR) is 106 cm³/mol. The summed E-state index contributed by atoms with van der Waals surface area (Å²) in [5, 5.41) is 20.1. The molecule has 0 heterocycles. The lowest BCUT2D eigenvalue weighted by Crippen LogP contribution is -2.35. The second-order valence-corrected chi connectivity index (χ2v) is 6.11. The number of halogens is 1. The van der Waals surface area contributed by atoms with Crippen molar-refractivity contribution in [2.45, 2.75) is 19.1 Å². The Labute approximate surface area is 177 Å². The van der Waals surface area contributed by atoms with Crippen molar-refractivity contribution in [3.63, 3.8) is 0 Å². The van der Waals surface area contributed by atoms with E-state index in [-0.39, 0.29) is 17.7 Å². The molecule has 0 aromatic heterocycles. The highest BCUT2D eigenvalue weighted by molar-refractivity contribution is 6.02. The number of imide groups is 1. The lowest BCUT2D eigenvalue weighted by Gasteiger charge is -2.25. The Hall–Kier alpha value is -3.76. The van der Waals surface area contributed by atoms with E-state index >= 15 is 0 Å². The number of carbonyl (C=O) groups excluding carboxylic acids is 3. The number of aromatic hydroxyl groups is 1. The molecular formula is C21H21FN2O7. The zero-order valence-electron chi connectivity index (χ0n) is 16.4. The SMILES string of the molecule is CCO[C@H](/C=C/C(=O)NO)[C@H](OC(=O)NC(=O)c1ccccc1)c1ccc(O)c(F)c1. The topological polar surface area (TPSA) is 134 Å². The highest BCUT2D eigenvalue weighted by Gasteiger charge is 2.28. The third-order valence-electron chi connectivity index (χ3n) is 3.99. The van der Waals surface area contributed by atoms with Gasteiger partial charge in [0.25, 0.3) is 11.8 Å². The molecule has 0 unspecified atom stereocenters. The number of alkyl carbamates (subject to hydrolysis) is 1. The second kappa shape index (κ2) is 11.4. The Kier molecular flexibility index (Phi) is 8.67. The largest absolute Gasteiger partial charge is 0.505 e. The van der Waals surface area contributed by atoms with Gasteiger partial charge in [-0.1, -0.05) is 24.3 Å². The Morgan fingerprint density at radius 2 is 1.87 bits per heavy atom. The number of rotatable bonds is 8. The van der Waals surface area contributed by atoms with Gasteiger partial charge in [0.15, 0.2) is 17.7 Å². The van der Waals surface area contributed by atoms with Crippen LogP contribution in [0.4, 0.5) is 9.18 Å². The summed E-state index contributed by atoms with van der Waals surface area (Å²) in [6.45, 7) is 1.77. The van der Waals surface area contributed by atoms with Crippen LogP contribution in [-0.2, 0) is 14.3 Å². The van der Waals surface area contributed by atoms with Gasteiger partial charge in [-0.25, -0.2) is 14.7 Å². The minimum Gasteiger partial charge on any atom is -0.505 e. The molecule has 10 heteroatoms. The third-order valence-corrected chi connectivity index (χ3v) is 3.99. The van der Waals surface area contributed by atoms with Gasteiger partial charge in [-0.05, 0) is 42.8 Å². The molecule has 2 atom stereocenters. The minimum atomic E-state index is -1.30. The van der Waals surface area contributed by atoms with Crippen molar-refractivity contribution in [1.29, 1.82) is 0 Å². The molecule has 0 bridgehead atoms. The van der Waals surface area contributed by atoms with Gasteiger partial charge in [0, 0.05) is 18.2 Å². The molecule has 0 aliphatic heterocycles. The van der Waals surface area contributed by atoms with Gasteiger partial charge in [-0.3, -0.25) is 20.1 Å². The summed E-state index contributed by atoms with van der Waals surface area (Å²) < 4.78 is 24.7. The lowest BCUT2D eigenvalue weighted by atomic mass is 10.0. The van der Waals surface area contributed by atoms with Crippen LogP contribution >= 0.6 is 0 Å². The van der Waals surface area contributed by atoms with E-state index in [0.29, 0.717) is 0 Å². The maximum atomic E-state index is 13.9. The van der Waals surface area contributed by atoms with E-state index in [4.69, 9.17) is 14.7 Å². The maximum absolute atomic E-state index is 13.9. The van der Waals surface area contributed by atoms with Crippen LogP contribution < -0.4 is 10.8 Å². The number of hydrogen-bond donors (Lipinski definition) is 4. The van der Waals surface area contributed by atoms with Crippen molar-refractivity contribution >= 4 is 17.9 Å². The maximum Gasteiger partial charge on any atom is 0.414 e. The van der Waals surface area contributed by atoms with Crippen molar-refractivity contribution in [3.05, 3.63) is 77.6 Å². The molecule has 2 aromatic carbocycles. The Morgan fingerprint density at radius 3 is 2.48 bits per heavy atom. The highest BCUT2D eigenvalue weighted by Crippen LogP contribution is 2.28. The van der Waals surface area contributed by atoms with Crippen LogP contribution in [0.3, 0.4) is 0 Å². The number of hydroxylamine groups is 1. The summed E-state index contributed by atoms with van der Waals surface area (Å²) in [7, 11) is 0. The summed E-state index contributed by atoms with van der Waals surface area (Å²) in [6.07, 6.45) is -1.42. The van der Waals surface area contributed by atoms with Crippen LogP contribution in [-0.4, -0.2) is 40.9 Å². The van der Waals surface area contributed by atoms with Crippen LogP contribution in [0.5, 0.6) is 5.75 Å². The van der Waals surface area contributed by atoms with Gasteiger partial charge >= 0.3 is 6.09 Å². The standard InChI is InChI=1S/C21H21FN2O7/c1-2-30-17(10-11-18(26)24-29)19(14-8-9-16(25)15(22)12-14)31-21(28)23-20(27)13-6-4-3-5-7-13/h3-12,17,19,25,29H,2H2,1H3,(H,24,26)(H,23,27,28)/b11-10+/t17-,19-/m1/s1. The normalized spacial score (nSPS) is 12.7. The van der Waals surface area contributed by atoms with Crippen LogP contribution in [0.2, 0.25) is 0 Å². The zero-order chi connectivity index (χ0) is 22.8. The minimum absolute atomic E-state index is 0.0881. The van der Waals surface area contributed by atoms with Gasteiger partial charge in [-0.2, -0.15) is 0 Å². The summed E-state index contributed by atoms with van der Waals surface area (Å²) in [6, 6.07) is 11.2. The van der Waals surface area contributed by atoms with Gasteiger partial charge in [0.05, 0.1) is 0 Å². The molecule has 0 fully saturated rings. The van der Waals surface area contributed by atoms with E-state index in [1.54, 1.807) is 25.1 Å². The highest BCUT2D eigenvalue weighted by atomic mass is 19.1. The molecule has 0 aliphatic rings. The van der Waals surface area contributed by atoms with E-state index < -0.39 is 41.7 Å². The molecule has 0 aliphatic carbocycles. The Bertz CT molecular complexity index is 950. The monoisotopic (exact) mass is 432 g/mol. The van der Waals surface area contributed by atoms with Crippen molar-refractivity contribution < 1.29 is 38.6 Å². The summed E-state index contributed by atoms with van der Waals surface area (Å²) in [4.78, 5) is 35.9. The Balaban J connectivity index is 2.30. The number of benzene rings is 2. The quantitative estimate of drug-likeness (QED) is 0.286. The van der Waals surface area contributed by atoms with E-state index in [1.165, 1.54) is 29.8 Å². The summed E-state index contributed by atoms with van der Waals surface area (Å²) in [5.74, 6) is -3.18. The smallest absolute Gasteiger partial charge is 0.414 e. The Morgan fingerprint density at radius 1 is 1.16 bits per heavy atom. The predicted octanol–water partition coefficient (Wildman–Crippen LogP) is 2.61. The number of phenolic OH excluding ortho intramolecular Hbond substituents is 1. The van der Waals surface area contributed by atoms with Crippen LogP contribution in [0.1, 0.15) is 28.9 Å². The van der Waals surface area contributed by atoms with Crippen LogP contribution in [0.25, 0.3) is 0 Å². The molecule has 0 spiro atoms. The molecule has 0 saturated heterocycles. The number of amides is 3. The first kappa shape index (κ1) is 23.5. The molecule has 3 amide bonds. The van der Waals surface area contributed by atoms with Gasteiger partial charge in [0.1, 0.15) is 6.10 Å². The first-order chi connectivity index (χ1) is 14.8. The van der Waals surface area contributed by atoms with E-state index in [1.807, 2.05) is 0 Å². The lowest BCUT2D eigenvalue weighted by molar-refractivity contribution is -0.124. The number of nitrogens with one attached hydrogen (secondary N) is 2. The van der Waals surface area contributed by atoms with Crippen LogP contribution in [0.15, 0.2) is 60.7 Å². The average Bonchev–Trinajstić information content (AvgIpc) is 2.77. The first-order valence-electron chi connectivity index (χ1n) is 9.15. The fraction of sp³-hybridized carbons (Fsp3) is 0.190. The fourth-order valence-electron chi connectivity index (χ4n) is 2.58. The van der Waals surface area contributed by atoms with E-state index in [9.17, 15) is 23.9 Å². The molecule has 31 heavy (non-hydrogen) atoms. The zero-order valence-corrected chi connectivity index (χ0v) is 16.4. The molecule has 9 nitrogen and oxygen atoms in total. The first-order valence-corrected chi connectivity index (χ1v) is 9.15. The molecule has 2 rings (SSSR count). The number of ether oxygens (including phenoxy) is 2. The molecule has 2 aromatic rings. The third kappa shape index (κ3) is 6.91. The number of hydrogen-bond acceptors (Lipinski definition) is 7. The molecule has 164 valence electrons. The molecular weight excluding hydrogens is 411 g/mol. The van der Waals surface area contributed by atoms with E-state index in [0.717, 1.165) is 18.2 Å². The molecule has 4 N–H and O–H groups in total. The number of carbonyl (C=O) groups is 3. The average molecular weight is 432 g/mol. The van der Waals surface area contributed by atoms with Crippen molar-refractivity contribution in [3.8, 4) is 5.75 Å².